The van der Waals surface area contributed by atoms with Gasteiger partial charge in [0, 0.05) is 51.1 Å². The summed E-state index contributed by atoms with van der Waals surface area (Å²) in [6.07, 6.45) is 1.64. The van der Waals surface area contributed by atoms with Crippen LogP contribution in [-0.4, -0.2) is 61.3 Å². The first kappa shape index (κ1) is 20.3. The SMILES string of the molecule is CNc1nc([C@@H]2CCN(S(=O)(=O)c3ccc(C)c(C)c3)C2)nc2c1CN(C)CC2. The predicted octanol–water partition coefficient (Wildman–Crippen LogP) is 2.30. The molecular weight excluding hydrogens is 386 g/mol. The van der Waals surface area contributed by atoms with Gasteiger partial charge in [-0.25, -0.2) is 18.4 Å². The van der Waals surface area contributed by atoms with E-state index >= 15 is 0 Å². The molecule has 0 bridgehead atoms. The molecule has 1 saturated heterocycles. The number of aromatic nitrogens is 2. The van der Waals surface area contributed by atoms with Crippen LogP contribution in [-0.2, 0) is 23.0 Å². The largest absolute Gasteiger partial charge is 0.373 e. The van der Waals surface area contributed by atoms with Crippen LogP contribution < -0.4 is 5.32 Å². The van der Waals surface area contributed by atoms with Gasteiger partial charge in [-0.1, -0.05) is 6.07 Å². The van der Waals surface area contributed by atoms with Gasteiger partial charge in [0.25, 0.3) is 0 Å². The van der Waals surface area contributed by atoms with Crippen LogP contribution in [0, 0.1) is 13.8 Å². The van der Waals surface area contributed by atoms with Gasteiger partial charge in [-0.2, -0.15) is 4.31 Å². The Morgan fingerprint density at radius 3 is 2.66 bits per heavy atom. The van der Waals surface area contributed by atoms with E-state index in [4.69, 9.17) is 9.97 Å². The predicted molar refractivity (Wildman–Crippen MR) is 114 cm³/mol. The zero-order valence-electron chi connectivity index (χ0n) is 17.6. The lowest BCUT2D eigenvalue weighted by atomic mass is 10.0. The third-order valence-corrected chi connectivity index (χ3v) is 8.00. The monoisotopic (exact) mass is 415 g/mol. The van der Waals surface area contributed by atoms with Gasteiger partial charge in [-0.15, -0.1) is 0 Å². The molecule has 3 heterocycles. The average molecular weight is 416 g/mol. The number of hydrogen-bond acceptors (Lipinski definition) is 6. The summed E-state index contributed by atoms with van der Waals surface area (Å²) >= 11 is 0. The van der Waals surface area contributed by atoms with Crippen molar-refractivity contribution in [3.8, 4) is 0 Å². The van der Waals surface area contributed by atoms with Gasteiger partial charge in [0.2, 0.25) is 10.0 Å². The van der Waals surface area contributed by atoms with Gasteiger partial charge in [0.15, 0.2) is 0 Å². The molecular formula is C21H29N5O2S. The maximum Gasteiger partial charge on any atom is 0.243 e. The number of hydrogen-bond donors (Lipinski definition) is 1. The second kappa shape index (κ2) is 7.66. The molecule has 0 amide bonds. The Labute approximate surface area is 173 Å². The van der Waals surface area contributed by atoms with Crippen LogP contribution >= 0.6 is 0 Å². The molecule has 4 rings (SSSR count). The number of fused-ring (bicyclic) bond motifs is 1. The first-order chi connectivity index (χ1) is 13.8. The molecule has 2 aliphatic rings. The molecule has 1 aromatic heterocycles. The number of anilines is 1. The van der Waals surface area contributed by atoms with E-state index in [-0.39, 0.29) is 5.92 Å². The smallest absolute Gasteiger partial charge is 0.243 e. The minimum absolute atomic E-state index is 0.0216. The van der Waals surface area contributed by atoms with Gasteiger partial charge >= 0.3 is 0 Å². The Kier molecular flexibility index (Phi) is 5.35. The number of sulfonamides is 1. The molecule has 8 heteroatoms. The summed E-state index contributed by atoms with van der Waals surface area (Å²) < 4.78 is 27.8. The molecule has 0 saturated carbocycles. The van der Waals surface area contributed by atoms with Gasteiger partial charge in [-0.05, 0) is 50.6 Å². The summed E-state index contributed by atoms with van der Waals surface area (Å²) in [4.78, 5) is 12.3. The van der Waals surface area contributed by atoms with Crippen LogP contribution in [0.5, 0.6) is 0 Å². The second-order valence-electron chi connectivity index (χ2n) is 8.19. The molecule has 156 valence electrons. The van der Waals surface area contributed by atoms with E-state index in [9.17, 15) is 8.42 Å². The summed E-state index contributed by atoms with van der Waals surface area (Å²) in [5.41, 5.74) is 4.33. The van der Waals surface area contributed by atoms with Crippen molar-refractivity contribution in [3.05, 3.63) is 46.4 Å². The fourth-order valence-corrected chi connectivity index (χ4v) is 5.72. The van der Waals surface area contributed by atoms with Crippen molar-refractivity contribution in [2.75, 3.05) is 39.0 Å². The minimum Gasteiger partial charge on any atom is -0.373 e. The van der Waals surface area contributed by atoms with Gasteiger partial charge in [0.1, 0.15) is 11.6 Å². The highest BCUT2D eigenvalue weighted by atomic mass is 32.2. The summed E-state index contributed by atoms with van der Waals surface area (Å²) in [5, 5.41) is 3.21. The van der Waals surface area contributed by atoms with E-state index in [0.29, 0.717) is 18.0 Å². The lowest BCUT2D eigenvalue weighted by Crippen LogP contribution is -2.30. The molecule has 7 nitrogen and oxygen atoms in total. The highest BCUT2D eigenvalue weighted by molar-refractivity contribution is 7.89. The number of nitrogens with one attached hydrogen (secondary N) is 1. The Bertz CT molecular complexity index is 1020. The van der Waals surface area contributed by atoms with Crippen molar-refractivity contribution < 1.29 is 8.42 Å². The average Bonchev–Trinajstić information content (AvgIpc) is 3.20. The number of benzene rings is 1. The normalized spacial score (nSPS) is 20.6. The van der Waals surface area contributed by atoms with E-state index in [1.54, 1.807) is 16.4 Å². The second-order valence-corrected chi connectivity index (χ2v) is 10.1. The van der Waals surface area contributed by atoms with Gasteiger partial charge in [-0.3, -0.25) is 0 Å². The van der Waals surface area contributed by atoms with E-state index in [0.717, 1.165) is 60.0 Å². The van der Waals surface area contributed by atoms with Crippen LogP contribution in [0.1, 0.15) is 40.5 Å². The molecule has 0 radical (unpaired) electrons. The van der Waals surface area contributed by atoms with E-state index in [1.807, 2.05) is 27.0 Å². The lowest BCUT2D eigenvalue weighted by Gasteiger charge is -2.26. The lowest BCUT2D eigenvalue weighted by molar-refractivity contribution is 0.309. The molecule has 0 unspecified atom stereocenters. The van der Waals surface area contributed by atoms with Crippen molar-refractivity contribution >= 4 is 15.8 Å². The molecule has 0 aliphatic carbocycles. The van der Waals surface area contributed by atoms with Crippen molar-refractivity contribution in [1.82, 2.24) is 19.2 Å². The summed E-state index contributed by atoms with van der Waals surface area (Å²) in [6, 6.07) is 5.34. The summed E-state index contributed by atoms with van der Waals surface area (Å²) in [7, 11) is 0.477. The van der Waals surface area contributed by atoms with E-state index in [1.165, 1.54) is 0 Å². The number of aryl methyl sites for hydroxylation is 2. The van der Waals surface area contributed by atoms with E-state index in [2.05, 4.69) is 17.3 Å². The fraction of sp³-hybridized carbons (Fsp3) is 0.524. The first-order valence-electron chi connectivity index (χ1n) is 10.1. The molecule has 0 spiro atoms. The van der Waals surface area contributed by atoms with Crippen molar-refractivity contribution in [2.45, 2.75) is 44.0 Å². The van der Waals surface area contributed by atoms with Crippen molar-refractivity contribution in [3.63, 3.8) is 0 Å². The third kappa shape index (κ3) is 3.76. The molecule has 1 atom stereocenters. The maximum absolute atomic E-state index is 13.1. The minimum atomic E-state index is -3.50. The van der Waals surface area contributed by atoms with Crippen molar-refractivity contribution in [1.29, 1.82) is 0 Å². The van der Waals surface area contributed by atoms with Crippen molar-refractivity contribution in [2.24, 2.45) is 0 Å². The fourth-order valence-electron chi connectivity index (χ4n) is 4.14. The Balaban J connectivity index is 1.59. The number of rotatable bonds is 4. The quantitative estimate of drug-likeness (QED) is 0.826. The topological polar surface area (TPSA) is 78.4 Å². The number of nitrogens with zero attached hydrogens (tertiary/aromatic N) is 4. The zero-order chi connectivity index (χ0) is 20.8. The van der Waals surface area contributed by atoms with Crippen LogP contribution in [0.15, 0.2) is 23.1 Å². The first-order valence-corrected chi connectivity index (χ1v) is 11.6. The molecule has 1 fully saturated rings. The van der Waals surface area contributed by atoms with E-state index < -0.39 is 10.0 Å². The molecule has 2 aliphatic heterocycles. The van der Waals surface area contributed by atoms with Gasteiger partial charge < -0.3 is 10.2 Å². The third-order valence-electron chi connectivity index (χ3n) is 6.14. The summed E-state index contributed by atoms with van der Waals surface area (Å²) in [5.74, 6) is 1.65. The Morgan fingerprint density at radius 1 is 1.14 bits per heavy atom. The highest BCUT2D eigenvalue weighted by Gasteiger charge is 2.35. The Morgan fingerprint density at radius 2 is 1.93 bits per heavy atom. The Hall–Kier alpha value is -2.03. The molecule has 1 N–H and O–H groups in total. The van der Waals surface area contributed by atoms with Crippen LogP contribution in [0.2, 0.25) is 0 Å². The summed E-state index contributed by atoms with van der Waals surface area (Å²) in [6.45, 7) is 6.67. The highest BCUT2D eigenvalue weighted by Crippen LogP contribution is 2.32. The molecule has 1 aromatic carbocycles. The standard InChI is InChI=1S/C21H29N5O2S/c1-14-5-6-17(11-15(14)2)29(27,28)26-10-7-16(12-26)20-23-19-8-9-25(4)13-18(19)21(22-3)24-20/h5-6,11,16H,7-10,12-13H2,1-4H3,(H,22,23,24)/t16-/m1/s1. The molecule has 29 heavy (non-hydrogen) atoms. The van der Waals surface area contributed by atoms with Gasteiger partial charge in [0.05, 0.1) is 10.6 Å². The van der Waals surface area contributed by atoms with Crippen LogP contribution in [0.3, 0.4) is 0 Å². The van der Waals surface area contributed by atoms with Crippen LogP contribution in [0.4, 0.5) is 5.82 Å². The zero-order valence-corrected chi connectivity index (χ0v) is 18.4. The molecule has 2 aromatic rings. The number of likely N-dealkylation sites (N-methyl/N-ethyl adjacent to an activating group) is 1. The maximum atomic E-state index is 13.1. The van der Waals surface area contributed by atoms with Crippen LogP contribution in [0.25, 0.3) is 0 Å².